The Hall–Kier alpha value is -1.26. The molecule has 1 atom stereocenters. The summed E-state index contributed by atoms with van der Waals surface area (Å²) in [7, 11) is 1.87. The molecular formula is C14H15F2NS. The van der Waals surface area contributed by atoms with E-state index >= 15 is 0 Å². The predicted molar refractivity (Wildman–Crippen MR) is 70.9 cm³/mol. The Kier molecular flexibility index (Phi) is 4.09. The van der Waals surface area contributed by atoms with E-state index in [9.17, 15) is 8.78 Å². The molecule has 96 valence electrons. The second kappa shape index (κ2) is 5.59. The van der Waals surface area contributed by atoms with E-state index in [2.05, 4.69) is 23.7 Å². The van der Waals surface area contributed by atoms with Crippen LogP contribution in [0.4, 0.5) is 8.78 Å². The molecule has 2 aromatic rings. The van der Waals surface area contributed by atoms with E-state index in [0.717, 1.165) is 5.56 Å². The van der Waals surface area contributed by atoms with Crippen molar-refractivity contribution >= 4 is 11.3 Å². The molecule has 0 aliphatic carbocycles. The van der Waals surface area contributed by atoms with Crippen LogP contribution in [-0.4, -0.2) is 7.05 Å². The average Bonchev–Trinajstić information content (AvgIpc) is 2.77. The minimum absolute atomic E-state index is 0.125. The third-order valence-electron chi connectivity index (χ3n) is 2.93. The summed E-state index contributed by atoms with van der Waals surface area (Å²) in [6.45, 7) is 2.05. The number of benzene rings is 1. The molecular weight excluding hydrogens is 252 g/mol. The number of nitrogens with one attached hydrogen (secondary N) is 1. The Morgan fingerprint density at radius 1 is 1.22 bits per heavy atom. The number of aryl methyl sites for hydroxylation is 1. The quantitative estimate of drug-likeness (QED) is 0.887. The molecule has 0 spiro atoms. The fourth-order valence-electron chi connectivity index (χ4n) is 1.94. The van der Waals surface area contributed by atoms with Gasteiger partial charge in [0.25, 0.3) is 0 Å². The molecule has 1 N–H and O–H groups in total. The lowest BCUT2D eigenvalue weighted by Gasteiger charge is -2.15. The summed E-state index contributed by atoms with van der Waals surface area (Å²) in [5.74, 6) is -1.59. The molecule has 18 heavy (non-hydrogen) atoms. The largest absolute Gasteiger partial charge is 0.313 e. The zero-order valence-electron chi connectivity index (χ0n) is 10.3. The first kappa shape index (κ1) is 13.2. The fraction of sp³-hybridized carbons (Fsp3) is 0.286. The van der Waals surface area contributed by atoms with Gasteiger partial charge in [0, 0.05) is 10.9 Å². The Morgan fingerprint density at radius 2 is 2.00 bits per heavy atom. The van der Waals surface area contributed by atoms with Crippen LogP contribution in [-0.2, 0) is 6.42 Å². The minimum atomic E-state index is -0.800. The molecule has 1 aromatic carbocycles. The summed E-state index contributed by atoms with van der Waals surface area (Å²) in [6, 6.07) is 6.31. The summed E-state index contributed by atoms with van der Waals surface area (Å²) in [6.07, 6.45) is 0.643. The van der Waals surface area contributed by atoms with Crippen LogP contribution in [0.25, 0.3) is 0 Å². The molecule has 0 aliphatic heterocycles. The number of rotatable bonds is 4. The number of hydrogen-bond acceptors (Lipinski definition) is 2. The SMILES string of the molecule is CNC(Cc1ccc(F)c(F)c1)c1csc(C)c1. The van der Waals surface area contributed by atoms with Gasteiger partial charge in [0.1, 0.15) is 0 Å². The van der Waals surface area contributed by atoms with E-state index < -0.39 is 11.6 Å². The Bertz CT molecular complexity index is 536. The standard InChI is InChI=1S/C14H15F2NS/c1-9-5-11(8-18-9)14(17-2)7-10-3-4-12(15)13(16)6-10/h3-6,8,14,17H,7H2,1-2H3. The van der Waals surface area contributed by atoms with Gasteiger partial charge in [-0.25, -0.2) is 8.78 Å². The van der Waals surface area contributed by atoms with Crippen LogP contribution in [0.1, 0.15) is 22.0 Å². The molecule has 1 heterocycles. The van der Waals surface area contributed by atoms with E-state index in [1.807, 2.05) is 7.05 Å². The van der Waals surface area contributed by atoms with Gasteiger partial charge in [-0.05, 0) is 55.1 Å². The van der Waals surface area contributed by atoms with Gasteiger partial charge in [-0.3, -0.25) is 0 Å². The predicted octanol–water partition coefficient (Wildman–Crippen LogP) is 3.84. The molecule has 0 radical (unpaired) electrons. The zero-order valence-corrected chi connectivity index (χ0v) is 11.2. The number of thiophene rings is 1. The maximum atomic E-state index is 13.1. The molecule has 1 nitrogen and oxygen atoms in total. The number of halogens is 2. The summed E-state index contributed by atoms with van der Waals surface area (Å²) in [5, 5.41) is 5.30. The molecule has 1 unspecified atom stereocenters. The first-order valence-corrected chi connectivity index (χ1v) is 6.64. The molecule has 0 bridgehead atoms. The topological polar surface area (TPSA) is 12.0 Å². The van der Waals surface area contributed by atoms with Gasteiger partial charge in [-0.2, -0.15) is 0 Å². The second-order valence-corrected chi connectivity index (χ2v) is 5.40. The van der Waals surface area contributed by atoms with Crippen LogP contribution in [0.2, 0.25) is 0 Å². The Balaban J connectivity index is 2.17. The van der Waals surface area contributed by atoms with Gasteiger partial charge >= 0.3 is 0 Å². The van der Waals surface area contributed by atoms with E-state index in [1.54, 1.807) is 17.4 Å². The summed E-state index contributed by atoms with van der Waals surface area (Å²) < 4.78 is 26.0. The van der Waals surface area contributed by atoms with Crippen molar-refractivity contribution in [3.8, 4) is 0 Å². The zero-order chi connectivity index (χ0) is 13.1. The van der Waals surface area contributed by atoms with Crippen LogP contribution in [0.3, 0.4) is 0 Å². The van der Waals surface area contributed by atoms with E-state index in [1.165, 1.54) is 22.6 Å². The van der Waals surface area contributed by atoms with Crippen molar-refractivity contribution in [1.82, 2.24) is 5.32 Å². The monoisotopic (exact) mass is 267 g/mol. The Morgan fingerprint density at radius 3 is 2.56 bits per heavy atom. The van der Waals surface area contributed by atoms with Crippen LogP contribution in [0, 0.1) is 18.6 Å². The molecule has 0 fully saturated rings. The molecule has 0 amide bonds. The minimum Gasteiger partial charge on any atom is -0.313 e. The molecule has 4 heteroatoms. The van der Waals surface area contributed by atoms with Crippen molar-refractivity contribution in [3.63, 3.8) is 0 Å². The lowest BCUT2D eigenvalue weighted by Crippen LogP contribution is -2.18. The van der Waals surface area contributed by atoms with Gasteiger partial charge < -0.3 is 5.32 Å². The van der Waals surface area contributed by atoms with Crippen molar-refractivity contribution in [1.29, 1.82) is 0 Å². The summed E-state index contributed by atoms with van der Waals surface area (Å²) in [5.41, 5.74) is 1.97. The molecule has 1 aromatic heterocycles. The van der Waals surface area contributed by atoms with E-state index in [0.29, 0.717) is 6.42 Å². The lowest BCUT2D eigenvalue weighted by molar-refractivity contribution is 0.504. The van der Waals surface area contributed by atoms with Crippen molar-refractivity contribution in [2.24, 2.45) is 0 Å². The third-order valence-corrected chi connectivity index (χ3v) is 3.81. The van der Waals surface area contributed by atoms with Crippen LogP contribution < -0.4 is 5.32 Å². The molecule has 0 saturated carbocycles. The second-order valence-electron chi connectivity index (χ2n) is 4.28. The van der Waals surface area contributed by atoms with Crippen molar-refractivity contribution in [3.05, 3.63) is 57.3 Å². The van der Waals surface area contributed by atoms with Crippen molar-refractivity contribution in [2.75, 3.05) is 7.05 Å². The molecule has 0 saturated heterocycles. The fourth-order valence-corrected chi connectivity index (χ4v) is 2.69. The van der Waals surface area contributed by atoms with Gasteiger partial charge in [0.2, 0.25) is 0 Å². The van der Waals surface area contributed by atoms with E-state index in [4.69, 9.17) is 0 Å². The summed E-state index contributed by atoms with van der Waals surface area (Å²) in [4.78, 5) is 1.25. The van der Waals surface area contributed by atoms with Crippen LogP contribution >= 0.6 is 11.3 Å². The highest BCUT2D eigenvalue weighted by Crippen LogP contribution is 2.23. The third kappa shape index (κ3) is 2.94. The maximum absolute atomic E-state index is 13.1. The molecule has 2 rings (SSSR count). The van der Waals surface area contributed by atoms with Gasteiger partial charge in [-0.15, -0.1) is 11.3 Å². The normalized spacial score (nSPS) is 12.7. The van der Waals surface area contributed by atoms with Gasteiger partial charge in [0.05, 0.1) is 0 Å². The molecule has 0 aliphatic rings. The van der Waals surface area contributed by atoms with Crippen LogP contribution in [0.15, 0.2) is 29.6 Å². The van der Waals surface area contributed by atoms with Crippen molar-refractivity contribution < 1.29 is 8.78 Å². The van der Waals surface area contributed by atoms with Crippen LogP contribution in [0.5, 0.6) is 0 Å². The summed E-state index contributed by atoms with van der Waals surface area (Å²) >= 11 is 1.69. The highest BCUT2D eigenvalue weighted by molar-refractivity contribution is 7.10. The smallest absolute Gasteiger partial charge is 0.159 e. The first-order chi connectivity index (χ1) is 8.60. The lowest BCUT2D eigenvalue weighted by atomic mass is 10.0. The van der Waals surface area contributed by atoms with Crippen molar-refractivity contribution in [2.45, 2.75) is 19.4 Å². The maximum Gasteiger partial charge on any atom is 0.159 e. The number of likely N-dealkylation sites (N-methyl/N-ethyl adjacent to an activating group) is 1. The highest BCUT2D eigenvalue weighted by atomic mass is 32.1. The average molecular weight is 267 g/mol. The first-order valence-electron chi connectivity index (χ1n) is 5.76. The highest BCUT2D eigenvalue weighted by Gasteiger charge is 2.12. The van der Waals surface area contributed by atoms with Gasteiger partial charge in [-0.1, -0.05) is 6.07 Å². The van der Waals surface area contributed by atoms with E-state index in [-0.39, 0.29) is 6.04 Å². The Labute approximate surface area is 109 Å². The van der Waals surface area contributed by atoms with Gasteiger partial charge in [0.15, 0.2) is 11.6 Å². The number of hydrogen-bond donors (Lipinski definition) is 1.